The quantitative estimate of drug-likeness (QED) is 0.186. The second kappa shape index (κ2) is 12.4. The van der Waals surface area contributed by atoms with E-state index < -0.39 is 5.97 Å². The molecule has 3 heteroatoms. The monoisotopic (exact) mass is 426 g/mol. The normalized spacial score (nSPS) is 26.4. The van der Waals surface area contributed by atoms with Gasteiger partial charge in [0.05, 0.1) is 0 Å². The fourth-order valence-electron chi connectivity index (χ4n) is 5.78. The van der Waals surface area contributed by atoms with Gasteiger partial charge in [0.15, 0.2) is 0 Å². The summed E-state index contributed by atoms with van der Waals surface area (Å²) < 4.78 is 5.36. The zero-order valence-electron chi connectivity index (χ0n) is 19.5. The summed E-state index contributed by atoms with van der Waals surface area (Å²) in [5.41, 5.74) is 1.67. The van der Waals surface area contributed by atoms with Crippen LogP contribution in [0.15, 0.2) is 36.4 Å². The predicted octanol–water partition coefficient (Wildman–Crippen LogP) is 7.19. The second-order valence-electron chi connectivity index (χ2n) is 9.92. The van der Waals surface area contributed by atoms with E-state index in [1.54, 1.807) is 0 Å². The summed E-state index contributed by atoms with van der Waals surface area (Å²) in [4.78, 5) is 11.9. The van der Waals surface area contributed by atoms with Crippen molar-refractivity contribution in [3.8, 4) is 5.75 Å². The fourth-order valence-corrected chi connectivity index (χ4v) is 5.78. The second-order valence-corrected chi connectivity index (χ2v) is 9.92. The number of ether oxygens (including phenoxy) is 1. The first-order chi connectivity index (χ1) is 15.1. The van der Waals surface area contributed by atoms with Gasteiger partial charge in [0.25, 0.3) is 0 Å². The highest BCUT2D eigenvalue weighted by atomic mass is 16.5. The topological polar surface area (TPSA) is 46.5 Å². The lowest BCUT2D eigenvalue weighted by atomic mass is 9.68. The number of esters is 1. The van der Waals surface area contributed by atoms with E-state index in [0.717, 1.165) is 17.8 Å². The zero-order chi connectivity index (χ0) is 22.1. The average Bonchev–Trinajstić information content (AvgIpc) is 2.80. The number of hydrogen-bond acceptors (Lipinski definition) is 3. The summed E-state index contributed by atoms with van der Waals surface area (Å²) in [6.45, 7) is 5.88. The van der Waals surface area contributed by atoms with Crippen molar-refractivity contribution < 1.29 is 14.6 Å². The molecule has 1 aromatic rings. The Morgan fingerprint density at radius 1 is 0.968 bits per heavy atom. The molecule has 3 rings (SSSR count). The molecule has 0 bridgehead atoms. The minimum Gasteiger partial charge on any atom is -0.423 e. The van der Waals surface area contributed by atoms with Crippen LogP contribution in [-0.2, 0) is 4.79 Å². The van der Waals surface area contributed by atoms with Gasteiger partial charge in [-0.3, -0.25) is 0 Å². The van der Waals surface area contributed by atoms with Crippen LogP contribution in [-0.4, -0.2) is 17.7 Å². The molecule has 1 aromatic carbocycles. The van der Waals surface area contributed by atoms with Crippen molar-refractivity contribution in [3.05, 3.63) is 42.0 Å². The molecule has 0 saturated heterocycles. The van der Waals surface area contributed by atoms with Crippen LogP contribution >= 0.6 is 0 Å². The Hall–Kier alpha value is -1.61. The molecule has 172 valence electrons. The highest BCUT2D eigenvalue weighted by Crippen LogP contribution is 2.44. The molecule has 2 aliphatic rings. The Kier molecular flexibility index (Phi) is 9.64. The lowest BCUT2D eigenvalue weighted by Crippen LogP contribution is -2.25. The molecule has 0 aromatic heterocycles. The van der Waals surface area contributed by atoms with Gasteiger partial charge in [-0.25, -0.2) is 4.79 Å². The maximum Gasteiger partial charge on any atom is 0.338 e. The molecule has 0 spiro atoms. The molecule has 2 saturated carbocycles. The third-order valence-electron chi connectivity index (χ3n) is 7.81. The lowest BCUT2D eigenvalue weighted by Gasteiger charge is -2.38. The SMILES string of the molecule is C=C(CCO)C(=O)Oc1ccc(C2CCC(C3CCC(CCCCC)CC3)CC2)cc1. The van der Waals surface area contributed by atoms with Gasteiger partial charge in [0.2, 0.25) is 0 Å². The van der Waals surface area contributed by atoms with Gasteiger partial charge in [0, 0.05) is 18.6 Å². The molecular weight excluding hydrogens is 384 g/mol. The molecule has 0 atom stereocenters. The van der Waals surface area contributed by atoms with Crippen LogP contribution in [0.4, 0.5) is 0 Å². The summed E-state index contributed by atoms with van der Waals surface area (Å²) in [7, 11) is 0. The Balaban J connectivity index is 1.41. The Bertz CT molecular complexity index is 677. The van der Waals surface area contributed by atoms with Crippen LogP contribution < -0.4 is 4.74 Å². The lowest BCUT2D eigenvalue weighted by molar-refractivity contribution is -0.130. The first-order valence-corrected chi connectivity index (χ1v) is 12.7. The van der Waals surface area contributed by atoms with Crippen LogP contribution in [0, 0.1) is 17.8 Å². The van der Waals surface area contributed by atoms with Gasteiger partial charge in [-0.15, -0.1) is 0 Å². The first-order valence-electron chi connectivity index (χ1n) is 12.7. The van der Waals surface area contributed by atoms with Gasteiger partial charge in [-0.2, -0.15) is 0 Å². The smallest absolute Gasteiger partial charge is 0.338 e. The van der Waals surface area contributed by atoms with Gasteiger partial charge in [0.1, 0.15) is 5.75 Å². The van der Waals surface area contributed by atoms with E-state index in [1.165, 1.54) is 82.6 Å². The summed E-state index contributed by atoms with van der Waals surface area (Å²) in [5.74, 6) is 3.64. The molecule has 0 unspecified atom stereocenters. The number of rotatable bonds is 10. The summed E-state index contributed by atoms with van der Waals surface area (Å²) >= 11 is 0. The molecular formula is C28H42O3. The van der Waals surface area contributed by atoms with Crippen molar-refractivity contribution in [2.45, 2.75) is 96.3 Å². The van der Waals surface area contributed by atoms with E-state index in [9.17, 15) is 4.79 Å². The van der Waals surface area contributed by atoms with Crippen molar-refractivity contribution >= 4 is 5.97 Å². The third kappa shape index (κ3) is 7.20. The zero-order valence-corrected chi connectivity index (χ0v) is 19.5. The van der Waals surface area contributed by atoms with Gasteiger partial charge < -0.3 is 9.84 Å². The van der Waals surface area contributed by atoms with E-state index >= 15 is 0 Å². The number of carbonyl (C=O) groups is 1. The maximum absolute atomic E-state index is 11.9. The van der Waals surface area contributed by atoms with Gasteiger partial charge in [-0.05, 0) is 79.9 Å². The van der Waals surface area contributed by atoms with Gasteiger partial charge in [-0.1, -0.05) is 64.2 Å². The van der Waals surface area contributed by atoms with E-state index in [4.69, 9.17) is 9.84 Å². The molecule has 0 heterocycles. The van der Waals surface area contributed by atoms with Crippen LogP contribution in [0.5, 0.6) is 5.75 Å². The summed E-state index contributed by atoms with van der Waals surface area (Å²) in [6.07, 6.45) is 17.1. The van der Waals surface area contributed by atoms with Crippen molar-refractivity contribution in [1.29, 1.82) is 0 Å². The number of aliphatic hydroxyl groups is 1. The number of unbranched alkanes of at least 4 members (excludes halogenated alkanes) is 2. The van der Waals surface area contributed by atoms with Crippen LogP contribution in [0.1, 0.15) is 102 Å². The minimum atomic E-state index is -0.456. The number of carbonyl (C=O) groups excluding carboxylic acids is 1. The Labute approximate surface area is 189 Å². The molecule has 1 N–H and O–H groups in total. The number of benzene rings is 1. The maximum atomic E-state index is 11.9. The van der Waals surface area contributed by atoms with E-state index in [2.05, 4.69) is 25.6 Å². The largest absolute Gasteiger partial charge is 0.423 e. The van der Waals surface area contributed by atoms with E-state index in [-0.39, 0.29) is 13.0 Å². The summed E-state index contributed by atoms with van der Waals surface area (Å²) in [5, 5.41) is 8.92. The van der Waals surface area contributed by atoms with E-state index in [0.29, 0.717) is 17.2 Å². The molecule has 31 heavy (non-hydrogen) atoms. The third-order valence-corrected chi connectivity index (χ3v) is 7.81. The molecule has 3 nitrogen and oxygen atoms in total. The number of hydrogen-bond donors (Lipinski definition) is 1. The molecule has 0 amide bonds. The molecule has 2 aliphatic carbocycles. The van der Waals surface area contributed by atoms with Crippen molar-refractivity contribution in [2.24, 2.45) is 17.8 Å². The molecule has 0 radical (unpaired) electrons. The standard InChI is InChI=1S/C28H42O3/c1-3-4-5-6-22-7-9-23(10-8-22)24-11-13-25(14-12-24)26-15-17-27(18-16-26)31-28(30)21(2)19-20-29/h15-18,22-25,29H,2-14,19-20H2,1H3. The Morgan fingerprint density at radius 3 is 2.16 bits per heavy atom. The first kappa shape index (κ1) is 24.0. The Morgan fingerprint density at radius 2 is 1.58 bits per heavy atom. The predicted molar refractivity (Wildman–Crippen MR) is 127 cm³/mol. The molecule has 0 aliphatic heterocycles. The molecule has 2 fully saturated rings. The summed E-state index contributed by atoms with van der Waals surface area (Å²) in [6, 6.07) is 8.02. The minimum absolute atomic E-state index is 0.0874. The van der Waals surface area contributed by atoms with Crippen molar-refractivity contribution in [2.75, 3.05) is 6.61 Å². The fraction of sp³-hybridized carbons (Fsp3) is 0.679. The highest BCUT2D eigenvalue weighted by Gasteiger charge is 2.31. The van der Waals surface area contributed by atoms with Gasteiger partial charge >= 0.3 is 5.97 Å². The highest BCUT2D eigenvalue weighted by molar-refractivity contribution is 5.89. The van der Waals surface area contributed by atoms with Crippen LogP contribution in [0.2, 0.25) is 0 Å². The van der Waals surface area contributed by atoms with Crippen LogP contribution in [0.3, 0.4) is 0 Å². The van der Waals surface area contributed by atoms with Crippen LogP contribution in [0.25, 0.3) is 0 Å². The average molecular weight is 427 g/mol. The van der Waals surface area contributed by atoms with E-state index in [1.807, 2.05) is 12.1 Å². The number of aliphatic hydroxyl groups excluding tert-OH is 1. The van der Waals surface area contributed by atoms with Crippen molar-refractivity contribution in [3.63, 3.8) is 0 Å². The van der Waals surface area contributed by atoms with Crippen molar-refractivity contribution in [1.82, 2.24) is 0 Å².